The maximum atomic E-state index is 5.51. The van der Waals surface area contributed by atoms with Crippen molar-refractivity contribution in [3.05, 3.63) is 23.7 Å². The predicted molar refractivity (Wildman–Crippen MR) is 75.4 cm³/mol. The number of aromatic amines is 1. The average molecular weight is 278 g/mol. The summed E-state index contributed by atoms with van der Waals surface area (Å²) in [5.74, 6) is 1.25. The molecule has 110 valence electrons. The van der Waals surface area contributed by atoms with Crippen LogP contribution in [0.5, 0.6) is 5.88 Å². The number of ether oxygens (including phenoxy) is 1. The number of nitrogens with one attached hydrogen (secondary N) is 2. The lowest BCUT2D eigenvalue weighted by atomic mass is 10.2. The van der Waals surface area contributed by atoms with Gasteiger partial charge in [-0.05, 0) is 19.4 Å². The Balaban J connectivity index is 1.69. The highest BCUT2D eigenvalue weighted by Gasteiger charge is 2.02. The molecule has 0 radical (unpaired) electrons. The third-order valence-electron chi connectivity index (χ3n) is 2.70. The summed E-state index contributed by atoms with van der Waals surface area (Å²) in [7, 11) is 0. The Morgan fingerprint density at radius 3 is 3.00 bits per heavy atom. The van der Waals surface area contributed by atoms with E-state index >= 15 is 0 Å². The maximum absolute atomic E-state index is 5.51. The molecule has 2 aromatic heterocycles. The molecular formula is C13H22N6O. The Labute approximate surface area is 118 Å². The zero-order valence-corrected chi connectivity index (χ0v) is 12.3. The molecule has 0 aromatic carbocycles. The Hall–Kier alpha value is -1.89. The highest BCUT2D eigenvalue weighted by Crippen LogP contribution is 2.06. The number of hydrogen-bond acceptors (Lipinski definition) is 5. The quantitative estimate of drug-likeness (QED) is 0.756. The van der Waals surface area contributed by atoms with Gasteiger partial charge in [-0.1, -0.05) is 19.1 Å². The summed E-state index contributed by atoms with van der Waals surface area (Å²) in [4.78, 5) is 0. The molecule has 0 saturated carbocycles. The van der Waals surface area contributed by atoms with Crippen molar-refractivity contribution in [1.82, 2.24) is 30.5 Å². The van der Waals surface area contributed by atoms with Crippen LogP contribution in [-0.2, 0) is 13.1 Å². The minimum atomic E-state index is 0.520. The van der Waals surface area contributed by atoms with Crippen LogP contribution in [-0.4, -0.2) is 38.3 Å². The van der Waals surface area contributed by atoms with Gasteiger partial charge < -0.3 is 10.1 Å². The summed E-state index contributed by atoms with van der Waals surface area (Å²) in [6.45, 7) is 9.20. The van der Waals surface area contributed by atoms with Gasteiger partial charge in [0.1, 0.15) is 6.61 Å². The first kappa shape index (κ1) is 14.5. The molecule has 0 unspecified atom stereocenters. The molecule has 2 heterocycles. The van der Waals surface area contributed by atoms with Gasteiger partial charge >= 0.3 is 0 Å². The Morgan fingerprint density at radius 1 is 1.45 bits per heavy atom. The molecule has 7 nitrogen and oxygen atoms in total. The summed E-state index contributed by atoms with van der Waals surface area (Å²) < 4.78 is 7.29. The first-order valence-corrected chi connectivity index (χ1v) is 6.88. The van der Waals surface area contributed by atoms with Gasteiger partial charge in [0.15, 0.2) is 0 Å². The monoisotopic (exact) mass is 278 g/mol. The molecule has 0 aliphatic heterocycles. The third-order valence-corrected chi connectivity index (χ3v) is 2.70. The van der Waals surface area contributed by atoms with E-state index in [1.165, 1.54) is 0 Å². The van der Waals surface area contributed by atoms with Crippen LogP contribution in [0, 0.1) is 12.8 Å². The van der Waals surface area contributed by atoms with Crippen LogP contribution in [0.25, 0.3) is 0 Å². The summed E-state index contributed by atoms with van der Waals surface area (Å²) in [5, 5.41) is 18.4. The van der Waals surface area contributed by atoms with Crippen molar-refractivity contribution in [1.29, 1.82) is 0 Å². The van der Waals surface area contributed by atoms with E-state index in [-0.39, 0.29) is 0 Å². The van der Waals surface area contributed by atoms with Gasteiger partial charge in [0.25, 0.3) is 0 Å². The number of rotatable bonds is 8. The van der Waals surface area contributed by atoms with Crippen LogP contribution in [0.3, 0.4) is 0 Å². The van der Waals surface area contributed by atoms with Crippen LogP contribution >= 0.6 is 0 Å². The average Bonchev–Trinajstić information content (AvgIpc) is 2.99. The van der Waals surface area contributed by atoms with Crippen LogP contribution in [0.4, 0.5) is 0 Å². The SMILES string of the molecule is Cc1cc(OCCn2cc(CNCC(C)C)nn2)n[nH]1. The van der Waals surface area contributed by atoms with Crippen molar-refractivity contribution in [2.24, 2.45) is 5.92 Å². The van der Waals surface area contributed by atoms with Crippen molar-refractivity contribution in [2.45, 2.75) is 33.9 Å². The first-order valence-electron chi connectivity index (χ1n) is 6.88. The molecule has 0 aliphatic rings. The number of nitrogens with zero attached hydrogens (tertiary/aromatic N) is 4. The largest absolute Gasteiger partial charge is 0.475 e. The number of aromatic nitrogens is 5. The van der Waals surface area contributed by atoms with Crippen LogP contribution in [0.15, 0.2) is 12.3 Å². The molecule has 0 saturated heterocycles. The fraction of sp³-hybridized carbons (Fsp3) is 0.615. The van der Waals surface area contributed by atoms with Gasteiger partial charge in [0.2, 0.25) is 5.88 Å². The minimum absolute atomic E-state index is 0.520. The van der Waals surface area contributed by atoms with Gasteiger partial charge in [-0.3, -0.25) is 5.10 Å². The van der Waals surface area contributed by atoms with E-state index in [0.29, 0.717) is 24.9 Å². The van der Waals surface area contributed by atoms with E-state index in [9.17, 15) is 0 Å². The molecule has 0 fully saturated rings. The summed E-state index contributed by atoms with van der Waals surface area (Å²) in [6.07, 6.45) is 1.94. The second-order valence-corrected chi connectivity index (χ2v) is 5.24. The highest BCUT2D eigenvalue weighted by atomic mass is 16.5. The van der Waals surface area contributed by atoms with Gasteiger partial charge in [0.05, 0.1) is 12.2 Å². The lowest BCUT2D eigenvalue weighted by Gasteiger charge is -2.04. The maximum Gasteiger partial charge on any atom is 0.232 e. The number of aryl methyl sites for hydroxylation is 1. The molecule has 0 atom stereocenters. The number of H-pyrrole nitrogens is 1. The molecule has 2 aromatic rings. The summed E-state index contributed by atoms with van der Waals surface area (Å²) >= 11 is 0. The molecule has 7 heteroatoms. The normalized spacial score (nSPS) is 11.2. The second kappa shape index (κ2) is 7.04. The summed E-state index contributed by atoms with van der Waals surface area (Å²) in [5.41, 5.74) is 1.93. The Kier molecular flexibility index (Phi) is 5.11. The van der Waals surface area contributed by atoms with Crippen molar-refractivity contribution in [2.75, 3.05) is 13.2 Å². The lowest BCUT2D eigenvalue weighted by molar-refractivity contribution is 0.279. The molecular weight excluding hydrogens is 256 g/mol. The summed E-state index contributed by atoms with van der Waals surface area (Å²) in [6, 6.07) is 1.86. The van der Waals surface area contributed by atoms with Crippen molar-refractivity contribution < 1.29 is 4.74 Å². The van der Waals surface area contributed by atoms with E-state index in [4.69, 9.17) is 4.74 Å². The van der Waals surface area contributed by atoms with Gasteiger partial charge in [-0.25, -0.2) is 4.68 Å². The topological polar surface area (TPSA) is 80.7 Å². The van der Waals surface area contributed by atoms with Crippen molar-refractivity contribution >= 4 is 0 Å². The van der Waals surface area contributed by atoms with Crippen LogP contribution in [0.1, 0.15) is 25.2 Å². The molecule has 2 rings (SSSR count). The highest BCUT2D eigenvalue weighted by molar-refractivity contribution is 5.12. The fourth-order valence-corrected chi connectivity index (χ4v) is 1.73. The molecule has 2 N–H and O–H groups in total. The van der Waals surface area contributed by atoms with Gasteiger partial charge in [0, 0.05) is 24.5 Å². The van der Waals surface area contributed by atoms with Gasteiger partial charge in [-0.2, -0.15) is 0 Å². The van der Waals surface area contributed by atoms with Crippen LogP contribution in [0.2, 0.25) is 0 Å². The predicted octanol–water partition coefficient (Wildman–Crippen LogP) is 1.13. The van der Waals surface area contributed by atoms with Crippen LogP contribution < -0.4 is 10.1 Å². The number of hydrogen-bond donors (Lipinski definition) is 2. The second-order valence-electron chi connectivity index (χ2n) is 5.24. The lowest BCUT2D eigenvalue weighted by Crippen LogP contribution is -2.19. The molecule has 0 bridgehead atoms. The zero-order chi connectivity index (χ0) is 14.4. The van der Waals surface area contributed by atoms with E-state index in [1.807, 2.05) is 19.2 Å². The van der Waals surface area contributed by atoms with E-state index in [2.05, 4.69) is 39.7 Å². The standard InChI is InChI=1S/C13H22N6O/c1-10(2)7-14-8-12-9-19(18-16-12)4-5-20-13-6-11(3)15-17-13/h6,9-10,14H,4-5,7-8H2,1-3H3,(H,15,17). The molecule has 0 aliphatic carbocycles. The van der Waals surface area contributed by atoms with E-state index in [1.54, 1.807) is 4.68 Å². The van der Waals surface area contributed by atoms with Gasteiger partial charge in [-0.15, -0.1) is 10.2 Å². The Morgan fingerprint density at radius 2 is 2.30 bits per heavy atom. The first-order chi connectivity index (χ1) is 9.63. The smallest absolute Gasteiger partial charge is 0.232 e. The van der Waals surface area contributed by atoms with E-state index < -0.39 is 0 Å². The fourth-order valence-electron chi connectivity index (χ4n) is 1.73. The molecule has 20 heavy (non-hydrogen) atoms. The molecule has 0 amide bonds. The molecule has 0 spiro atoms. The van der Waals surface area contributed by atoms with E-state index in [0.717, 1.165) is 24.5 Å². The zero-order valence-electron chi connectivity index (χ0n) is 12.3. The van der Waals surface area contributed by atoms with Crippen molar-refractivity contribution in [3.8, 4) is 5.88 Å². The minimum Gasteiger partial charge on any atom is -0.475 e. The Bertz CT molecular complexity index is 518. The third kappa shape index (κ3) is 4.65. The van der Waals surface area contributed by atoms with Crippen molar-refractivity contribution in [3.63, 3.8) is 0 Å².